The largest absolute Gasteiger partial charge is 0.329 e. The van der Waals surface area contributed by atoms with Gasteiger partial charge in [0.25, 0.3) is 11.6 Å². The molecule has 2 aromatic heterocycles. The lowest BCUT2D eigenvalue weighted by molar-refractivity contribution is -0.387. The van der Waals surface area contributed by atoms with E-state index in [1.165, 1.54) is 36.4 Å². The summed E-state index contributed by atoms with van der Waals surface area (Å²) >= 11 is 1.20. The second kappa shape index (κ2) is 8.23. The number of nitrogens with one attached hydrogen (secondary N) is 1. The fraction of sp³-hybridized carbons (Fsp3) is 0.0588. The first-order valence-corrected chi connectivity index (χ1v) is 8.53. The molecule has 0 saturated carbocycles. The van der Waals surface area contributed by atoms with Gasteiger partial charge in [0.1, 0.15) is 0 Å². The smallest absolute Gasteiger partial charge is 0.283 e. The van der Waals surface area contributed by atoms with Crippen molar-refractivity contribution in [3.8, 4) is 0 Å². The van der Waals surface area contributed by atoms with Crippen LogP contribution in [0.1, 0.15) is 15.9 Å². The van der Waals surface area contributed by atoms with Crippen LogP contribution in [-0.4, -0.2) is 31.6 Å². The Bertz CT molecular complexity index is 1000. The highest BCUT2D eigenvalue weighted by atomic mass is 32.2. The van der Waals surface area contributed by atoms with E-state index >= 15 is 0 Å². The molecule has 0 aliphatic rings. The minimum absolute atomic E-state index is 0.0626. The zero-order valence-electron chi connectivity index (χ0n) is 14.1. The Morgan fingerprint density at radius 2 is 2.07 bits per heavy atom. The molecule has 9 nitrogen and oxygen atoms in total. The van der Waals surface area contributed by atoms with E-state index in [9.17, 15) is 14.9 Å². The van der Waals surface area contributed by atoms with Crippen molar-refractivity contribution in [2.24, 2.45) is 12.1 Å². The van der Waals surface area contributed by atoms with Crippen molar-refractivity contribution in [3.05, 3.63) is 76.4 Å². The number of hydrogen-bond donors (Lipinski definition) is 1. The Labute approximate surface area is 158 Å². The second-order valence-corrected chi connectivity index (χ2v) is 6.35. The summed E-state index contributed by atoms with van der Waals surface area (Å²) in [6.07, 6.45) is 7.74. The molecule has 0 atom stereocenters. The van der Waals surface area contributed by atoms with Crippen LogP contribution in [0.25, 0.3) is 0 Å². The number of aryl methyl sites for hydroxylation is 1. The molecule has 136 valence electrons. The molecule has 0 unspecified atom stereocenters. The van der Waals surface area contributed by atoms with Crippen molar-refractivity contribution in [2.75, 3.05) is 0 Å². The summed E-state index contributed by atoms with van der Waals surface area (Å²) in [4.78, 5) is 31.3. The molecule has 10 heteroatoms. The molecule has 1 N–H and O–H groups in total. The van der Waals surface area contributed by atoms with Crippen LogP contribution >= 0.6 is 11.8 Å². The number of hydrogen-bond acceptors (Lipinski definition) is 7. The number of carbonyl (C=O) groups is 1. The summed E-state index contributed by atoms with van der Waals surface area (Å²) in [5, 5.41) is 15.9. The molecule has 0 saturated heterocycles. The number of hydrazone groups is 1. The van der Waals surface area contributed by atoms with E-state index < -0.39 is 10.8 Å². The molecule has 0 radical (unpaired) electrons. The first kappa shape index (κ1) is 18.3. The third-order valence-electron chi connectivity index (χ3n) is 3.48. The molecule has 2 heterocycles. The highest BCUT2D eigenvalue weighted by Crippen LogP contribution is 2.34. The second-order valence-electron chi connectivity index (χ2n) is 5.34. The lowest BCUT2D eigenvalue weighted by atomic mass is 10.2. The van der Waals surface area contributed by atoms with Gasteiger partial charge in [-0.05, 0) is 30.0 Å². The van der Waals surface area contributed by atoms with Gasteiger partial charge in [0.15, 0.2) is 5.16 Å². The molecule has 1 aromatic carbocycles. The number of rotatable bonds is 6. The van der Waals surface area contributed by atoms with Crippen LogP contribution in [0, 0.1) is 10.1 Å². The number of pyridine rings is 1. The van der Waals surface area contributed by atoms with Gasteiger partial charge in [0, 0.05) is 49.0 Å². The predicted molar refractivity (Wildman–Crippen MR) is 99.7 cm³/mol. The number of nitro groups is 1. The van der Waals surface area contributed by atoms with E-state index in [0.717, 1.165) is 0 Å². The van der Waals surface area contributed by atoms with Crippen molar-refractivity contribution in [1.29, 1.82) is 0 Å². The van der Waals surface area contributed by atoms with Gasteiger partial charge in [-0.2, -0.15) is 5.10 Å². The Morgan fingerprint density at radius 3 is 2.74 bits per heavy atom. The van der Waals surface area contributed by atoms with E-state index in [1.807, 2.05) is 7.05 Å². The maximum Gasteiger partial charge on any atom is 0.283 e. The monoisotopic (exact) mass is 382 g/mol. The van der Waals surface area contributed by atoms with Crippen molar-refractivity contribution in [1.82, 2.24) is 20.0 Å². The summed E-state index contributed by atoms with van der Waals surface area (Å²) in [6.45, 7) is 0. The number of nitro benzene ring substituents is 1. The van der Waals surface area contributed by atoms with Gasteiger partial charge in [-0.3, -0.25) is 19.9 Å². The fourth-order valence-electron chi connectivity index (χ4n) is 2.13. The summed E-state index contributed by atoms with van der Waals surface area (Å²) < 4.78 is 1.78. The molecule has 0 aliphatic carbocycles. The van der Waals surface area contributed by atoms with Crippen LogP contribution in [0.15, 0.2) is 70.3 Å². The molecule has 0 fully saturated rings. The Morgan fingerprint density at radius 1 is 1.30 bits per heavy atom. The van der Waals surface area contributed by atoms with E-state index in [2.05, 4.69) is 20.5 Å². The minimum atomic E-state index is -0.460. The molecular formula is C17H14N6O3S. The van der Waals surface area contributed by atoms with E-state index in [-0.39, 0.29) is 5.69 Å². The Balaban J connectivity index is 1.75. The molecule has 0 spiro atoms. The van der Waals surface area contributed by atoms with Gasteiger partial charge in [-0.15, -0.1) is 0 Å². The summed E-state index contributed by atoms with van der Waals surface area (Å²) in [7, 11) is 1.81. The van der Waals surface area contributed by atoms with Gasteiger partial charge >= 0.3 is 0 Å². The quantitative estimate of drug-likeness (QED) is 0.398. The Kier molecular flexibility index (Phi) is 5.57. The number of benzene rings is 1. The van der Waals surface area contributed by atoms with Gasteiger partial charge in [-0.25, -0.2) is 10.4 Å². The van der Waals surface area contributed by atoms with Crippen molar-refractivity contribution in [3.63, 3.8) is 0 Å². The van der Waals surface area contributed by atoms with Gasteiger partial charge in [-0.1, -0.05) is 6.07 Å². The summed E-state index contributed by atoms with van der Waals surface area (Å²) in [5.41, 5.74) is 3.21. The molecular weight excluding hydrogens is 368 g/mol. The SMILES string of the molecule is Cn1ccnc1Sc1ccc(/C=N\NC(=O)c2ccncc2)cc1[N+](=O)[O-]. The van der Waals surface area contributed by atoms with Gasteiger partial charge < -0.3 is 4.57 Å². The van der Waals surface area contributed by atoms with Crippen LogP contribution in [0.4, 0.5) is 5.69 Å². The van der Waals surface area contributed by atoms with Crippen LogP contribution in [0.5, 0.6) is 0 Å². The summed E-state index contributed by atoms with van der Waals surface area (Å²) in [5.74, 6) is -0.398. The normalized spacial score (nSPS) is 10.9. The fourth-order valence-corrected chi connectivity index (χ4v) is 3.01. The number of amides is 1. The van der Waals surface area contributed by atoms with Crippen LogP contribution in [-0.2, 0) is 7.05 Å². The first-order chi connectivity index (χ1) is 13.0. The van der Waals surface area contributed by atoms with Gasteiger partial charge in [0.2, 0.25) is 0 Å². The maximum atomic E-state index is 11.9. The maximum absolute atomic E-state index is 11.9. The third kappa shape index (κ3) is 4.55. The highest BCUT2D eigenvalue weighted by Gasteiger charge is 2.17. The third-order valence-corrected chi connectivity index (χ3v) is 4.62. The van der Waals surface area contributed by atoms with Crippen molar-refractivity contribution in [2.45, 2.75) is 10.1 Å². The van der Waals surface area contributed by atoms with Crippen LogP contribution < -0.4 is 5.43 Å². The molecule has 3 aromatic rings. The standard InChI is InChI=1S/C17H14N6O3S/c1-22-9-8-19-17(22)27-15-3-2-12(10-14(15)23(25)26)11-20-21-16(24)13-4-6-18-7-5-13/h2-11H,1H3,(H,21,24)/b20-11-. The minimum Gasteiger partial charge on any atom is -0.329 e. The topological polar surface area (TPSA) is 115 Å². The first-order valence-electron chi connectivity index (χ1n) is 7.71. The zero-order valence-corrected chi connectivity index (χ0v) is 15.0. The average molecular weight is 382 g/mol. The highest BCUT2D eigenvalue weighted by molar-refractivity contribution is 7.99. The Hall–Kier alpha value is -3.53. The van der Waals surface area contributed by atoms with Crippen molar-refractivity contribution < 1.29 is 9.72 Å². The number of aromatic nitrogens is 3. The zero-order chi connectivity index (χ0) is 19.2. The van der Waals surface area contributed by atoms with Crippen LogP contribution in [0.2, 0.25) is 0 Å². The lowest BCUT2D eigenvalue weighted by Crippen LogP contribution is -2.17. The summed E-state index contributed by atoms with van der Waals surface area (Å²) in [6, 6.07) is 7.82. The van der Waals surface area contributed by atoms with Crippen molar-refractivity contribution >= 4 is 29.6 Å². The van der Waals surface area contributed by atoms with E-state index in [4.69, 9.17) is 0 Å². The number of imidazole rings is 1. The molecule has 0 bridgehead atoms. The van der Waals surface area contributed by atoms with Gasteiger partial charge in [0.05, 0.1) is 16.0 Å². The predicted octanol–water partition coefficient (Wildman–Crippen LogP) is 2.64. The number of carbonyl (C=O) groups excluding carboxylic acids is 1. The lowest BCUT2D eigenvalue weighted by Gasteiger charge is -2.04. The molecule has 27 heavy (non-hydrogen) atoms. The van der Waals surface area contributed by atoms with Crippen LogP contribution in [0.3, 0.4) is 0 Å². The molecule has 0 aliphatic heterocycles. The average Bonchev–Trinajstić information content (AvgIpc) is 3.08. The van der Waals surface area contributed by atoms with E-state index in [1.54, 1.807) is 41.2 Å². The van der Waals surface area contributed by atoms with E-state index in [0.29, 0.717) is 21.2 Å². The molecule has 1 amide bonds. The number of nitrogens with zero attached hydrogens (tertiary/aromatic N) is 5. The molecule has 3 rings (SSSR count).